The van der Waals surface area contributed by atoms with E-state index in [0.717, 1.165) is 0 Å². The lowest BCUT2D eigenvalue weighted by Crippen LogP contribution is -2.11. The minimum absolute atomic E-state index is 0.206. The van der Waals surface area contributed by atoms with E-state index in [4.69, 9.17) is 5.11 Å². The van der Waals surface area contributed by atoms with Gasteiger partial charge in [-0.2, -0.15) is 0 Å². The first-order valence-corrected chi connectivity index (χ1v) is 2.66. The van der Waals surface area contributed by atoms with Crippen LogP contribution in [0, 0.1) is 0 Å². The summed E-state index contributed by atoms with van der Waals surface area (Å²) in [5.74, 6) is -0.980. The van der Waals surface area contributed by atoms with E-state index in [-0.39, 0.29) is 12.1 Å². The van der Waals surface area contributed by atoms with Crippen LogP contribution in [0.1, 0.15) is 0 Å². The van der Waals surface area contributed by atoms with E-state index in [1.54, 1.807) is 0 Å². The molecule has 0 unspecified atom stereocenters. The Balaban J connectivity index is 2.76. The lowest BCUT2D eigenvalue weighted by atomic mass is 10.6. The number of rotatable bonds is 2. The summed E-state index contributed by atoms with van der Waals surface area (Å²) in [7, 11) is 0. The van der Waals surface area contributed by atoms with Crippen LogP contribution in [0.3, 0.4) is 0 Å². The zero-order valence-electron chi connectivity index (χ0n) is 5.07. The standard InChI is InChI=1S/C5H6N2O3/c8-4-1-2-7(6-4)3-5(9)10/h1-2H,3H2,(H,6,8)(H,9,10). The van der Waals surface area contributed by atoms with Gasteiger partial charge in [-0.05, 0) is 0 Å². The molecular formula is C5H6N2O3. The third kappa shape index (κ3) is 1.48. The van der Waals surface area contributed by atoms with Crippen molar-refractivity contribution in [2.24, 2.45) is 0 Å². The predicted molar refractivity (Wildman–Crippen MR) is 32.7 cm³/mol. The Bertz CT molecular complexity index is 285. The van der Waals surface area contributed by atoms with Gasteiger partial charge in [-0.1, -0.05) is 0 Å². The summed E-state index contributed by atoms with van der Waals surface area (Å²) in [6.07, 6.45) is 1.39. The van der Waals surface area contributed by atoms with Gasteiger partial charge in [-0.25, -0.2) is 0 Å². The molecule has 1 rings (SSSR count). The second-order valence-electron chi connectivity index (χ2n) is 1.81. The SMILES string of the molecule is O=C(O)Cn1ccc(=O)[nH]1. The first-order valence-electron chi connectivity index (χ1n) is 2.66. The van der Waals surface area contributed by atoms with Crippen LogP contribution in [0.4, 0.5) is 0 Å². The molecule has 10 heavy (non-hydrogen) atoms. The molecule has 2 N–H and O–H groups in total. The summed E-state index contributed by atoms with van der Waals surface area (Å²) >= 11 is 0. The van der Waals surface area contributed by atoms with Gasteiger partial charge in [0.1, 0.15) is 6.54 Å². The van der Waals surface area contributed by atoms with Crippen molar-refractivity contribution in [3.63, 3.8) is 0 Å². The summed E-state index contributed by atoms with van der Waals surface area (Å²) < 4.78 is 1.20. The maximum Gasteiger partial charge on any atom is 0.325 e. The molecule has 0 spiro atoms. The van der Waals surface area contributed by atoms with Crippen molar-refractivity contribution in [2.45, 2.75) is 6.54 Å². The number of nitrogens with one attached hydrogen (secondary N) is 1. The molecule has 0 aliphatic heterocycles. The number of H-pyrrole nitrogens is 1. The van der Waals surface area contributed by atoms with Crippen molar-refractivity contribution >= 4 is 5.97 Å². The Labute approximate surface area is 55.9 Å². The summed E-state index contributed by atoms with van der Waals surface area (Å²) in [5, 5.41) is 10.5. The summed E-state index contributed by atoms with van der Waals surface area (Å²) in [5.41, 5.74) is -0.291. The first-order chi connectivity index (χ1) is 4.68. The molecule has 5 heteroatoms. The highest BCUT2D eigenvalue weighted by molar-refractivity contribution is 5.66. The maximum atomic E-state index is 10.4. The number of aliphatic carboxylic acids is 1. The highest BCUT2D eigenvalue weighted by Crippen LogP contribution is 1.77. The number of carbonyl (C=O) groups is 1. The predicted octanol–water partition coefficient (Wildman–Crippen LogP) is -0.739. The van der Waals surface area contributed by atoms with Crippen molar-refractivity contribution in [2.75, 3.05) is 0 Å². The molecular weight excluding hydrogens is 136 g/mol. The van der Waals surface area contributed by atoms with Crippen LogP contribution < -0.4 is 5.56 Å². The summed E-state index contributed by atoms with van der Waals surface area (Å²) in [6, 6.07) is 1.27. The second-order valence-corrected chi connectivity index (χ2v) is 1.81. The lowest BCUT2D eigenvalue weighted by Gasteiger charge is -1.93. The van der Waals surface area contributed by atoms with E-state index in [2.05, 4.69) is 5.10 Å². The number of carboxylic acids is 1. The van der Waals surface area contributed by atoms with Crippen LogP contribution in [-0.4, -0.2) is 20.9 Å². The van der Waals surface area contributed by atoms with Gasteiger partial charge in [0.2, 0.25) is 0 Å². The molecule has 0 saturated carbocycles. The third-order valence-corrected chi connectivity index (χ3v) is 0.965. The summed E-state index contributed by atoms with van der Waals surface area (Å²) in [6.45, 7) is -0.206. The molecule has 0 amide bonds. The van der Waals surface area contributed by atoms with Crippen LogP contribution in [0.25, 0.3) is 0 Å². The normalized spacial score (nSPS) is 9.60. The fraction of sp³-hybridized carbons (Fsp3) is 0.200. The highest BCUT2D eigenvalue weighted by atomic mass is 16.4. The molecule has 0 aliphatic rings. The van der Waals surface area contributed by atoms with Crippen molar-refractivity contribution in [3.05, 3.63) is 22.6 Å². The molecule has 0 bridgehead atoms. The van der Waals surface area contributed by atoms with Gasteiger partial charge in [0.05, 0.1) is 0 Å². The van der Waals surface area contributed by atoms with Gasteiger partial charge in [0.25, 0.3) is 5.56 Å². The molecule has 5 nitrogen and oxygen atoms in total. The number of hydrogen-bond acceptors (Lipinski definition) is 2. The second kappa shape index (κ2) is 2.38. The van der Waals surface area contributed by atoms with E-state index in [1.165, 1.54) is 16.9 Å². The Morgan fingerprint density at radius 1 is 1.80 bits per heavy atom. The highest BCUT2D eigenvalue weighted by Gasteiger charge is 1.96. The molecule has 0 aromatic carbocycles. The Hall–Kier alpha value is -1.52. The topological polar surface area (TPSA) is 75.1 Å². The van der Waals surface area contributed by atoms with Crippen LogP contribution in [-0.2, 0) is 11.3 Å². The Morgan fingerprint density at radius 3 is 2.90 bits per heavy atom. The third-order valence-electron chi connectivity index (χ3n) is 0.965. The number of aromatic amines is 1. The van der Waals surface area contributed by atoms with Crippen LogP contribution in [0.5, 0.6) is 0 Å². The van der Waals surface area contributed by atoms with Crippen molar-refractivity contribution in [3.8, 4) is 0 Å². The quantitative estimate of drug-likeness (QED) is 0.571. The number of nitrogens with zero attached hydrogens (tertiary/aromatic N) is 1. The fourth-order valence-electron chi connectivity index (χ4n) is 0.612. The number of carboxylic acid groups (broad SMARTS) is 1. The number of hydrogen-bond donors (Lipinski definition) is 2. The van der Waals surface area contributed by atoms with Crippen molar-refractivity contribution < 1.29 is 9.90 Å². The summed E-state index contributed by atoms with van der Waals surface area (Å²) in [4.78, 5) is 20.4. The zero-order chi connectivity index (χ0) is 7.56. The molecule has 0 atom stereocenters. The van der Waals surface area contributed by atoms with Crippen LogP contribution in [0.2, 0.25) is 0 Å². The zero-order valence-corrected chi connectivity index (χ0v) is 5.07. The Morgan fingerprint density at radius 2 is 2.50 bits per heavy atom. The average Bonchev–Trinajstić information content (AvgIpc) is 2.13. The number of aromatic nitrogens is 2. The molecule has 0 saturated heterocycles. The lowest BCUT2D eigenvalue weighted by molar-refractivity contribution is -0.137. The molecule has 0 fully saturated rings. The van der Waals surface area contributed by atoms with E-state index < -0.39 is 5.97 Å². The molecule has 0 aliphatic carbocycles. The van der Waals surface area contributed by atoms with Crippen LogP contribution in [0.15, 0.2) is 17.1 Å². The molecule has 1 aromatic rings. The smallest absolute Gasteiger partial charge is 0.325 e. The van der Waals surface area contributed by atoms with Gasteiger partial charge in [-0.3, -0.25) is 19.4 Å². The van der Waals surface area contributed by atoms with Gasteiger partial charge in [0.15, 0.2) is 0 Å². The van der Waals surface area contributed by atoms with Gasteiger partial charge in [-0.15, -0.1) is 0 Å². The van der Waals surface area contributed by atoms with Gasteiger partial charge in [0, 0.05) is 12.3 Å². The molecule has 0 radical (unpaired) electrons. The fourth-order valence-corrected chi connectivity index (χ4v) is 0.612. The molecule has 1 aromatic heterocycles. The van der Waals surface area contributed by atoms with Crippen molar-refractivity contribution in [1.29, 1.82) is 0 Å². The largest absolute Gasteiger partial charge is 0.480 e. The first kappa shape index (κ1) is 6.60. The van der Waals surface area contributed by atoms with E-state index in [1.807, 2.05) is 0 Å². The average molecular weight is 142 g/mol. The van der Waals surface area contributed by atoms with Crippen LogP contribution >= 0.6 is 0 Å². The molecule has 1 heterocycles. The van der Waals surface area contributed by atoms with Gasteiger partial charge < -0.3 is 5.11 Å². The van der Waals surface area contributed by atoms with Crippen molar-refractivity contribution in [1.82, 2.24) is 9.78 Å². The minimum atomic E-state index is -0.980. The van der Waals surface area contributed by atoms with Gasteiger partial charge >= 0.3 is 5.97 Å². The Kier molecular flexibility index (Phi) is 1.57. The van der Waals surface area contributed by atoms with E-state index in [9.17, 15) is 9.59 Å². The van der Waals surface area contributed by atoms with E-state index in [0.29, 0.717) is 0 Å². The minimum Gasteiger partial charge on any atom is -0.480 e. The van der Waals surface area contributed by atoms with E-state index >= 15 is 0 Å². The molecule has 54 valence electrons. The maximum absolute atomic E-state index is 10.4. The monoisotopic (exact) mass is 142 g/mol.